The molecule has 0 aromatic heterocycles. The molecule has 2 aromatic rings. The zero-order chi connectivity index (χ0) is 22.1. The minimum atomic E-state index is -3.70. The van der Waals surface area contributed by atoms with E-state index in [1.165, 1.54) is 24.8 Å². The topological polar surface area (TPSA) is 87.7 Å². The number of anilines is 1. The zero-order valence-corrected chi connectivity index (χ0v) is 18.9. The highest BCUT2D eigenvalue weighted by Gasteiger charge is 2.18. The van der Waals surface area contributed by atoms with Gasteiger partial charge in [0, 0.05) is 44.5 Å². The maximum atomic E-state index is 12.7. The number of carbonyl (C=O) groups excluding carboxylic acids is 1. The molecule has 30 heavy (non-hydrogen) atoms. The van der Waals surface area contributed by atoms with Gasteiger partial charge in [0.25, 0.3) is 5.91 Å². The van der Waals surface area contributed by atoms with Crippen LogP contribution in [-0.4, -0.2) is 54.2 Å². The van der Waals surface area contributed by atoms with Crippen molar-refractivity contribution < 1.29 is 17.9 Å². The molecule has 0 saturated heterocycles. The molecule has 0 atom stereocenters. The predicted octanol–water partition coefficient (Wildman–Crippen LogP) is 2.48. The standard InChI is InChI=1S/C22H31N3O4S/c1-5-25(21-9-7-6-8-18(21)3)14-12-23-22(26)20-16-19(11-10-17(20)2)30(27,28)24-13-15-29-4/h6-11,16,24H,5,12-15H2,1-4H3,(H,23,26). The van der Waals surface area contributed by atoms with Gasteiger partial charge in [0.1, 0.15) is 0 Å². The smallest absolute Gasteiger partial charge is 0.251 e. The summed E-state index contributed by atoms with van der Waals surface area (Å²) in [5.41, 5.74) is 3.39. The normalized spacial score (nSPS) is 11.3. The molecule has 0 saturated carbocycles. The third-order valence-electron chi connectivity index (χ3n) is 4.87. The lowest BCUT2D eigenvalue weighted by Crippen LogP contribution is -2.35. The van der Waals surface area contributed by atoms with Crippen molar-refractivity contribution in [2.75, 3.05) is 44.8 Å². The second kappa shape index (κ2) is 11.1. The summed E-state index contributed by atoms with van der Waals surface area (Å²) in [5, 5.41) is 2.91. The van der Waals surface area contributed by atoms with Crippen LogP contribution in [0.15, 0.2) is 47.4 Å². The molecule has 0 aliphatic carbocycles. The fourth-order valence-electron chi connectivity index (χ4n) is 3.14. The molecular weight excluding hydrogens is 402 g/mol. The number of ether oxygens (including phenoxy) is 1. The first kappa shape index (κ1) is 23.9. The van der Waals surface area contributed by atoms with E-state index in [0.717, 1.165) is 17.8 Å². The molecule has 0 fully saturated rings. The maximum Gasteiger partial charge on any atom is 0.251 e. The summed E-state index contributed by atoms with van der Waals surface area (Å²) >= 11 is 0. The summed E-state index contributed by atoms with van der Waals surface area (Å²) < 4.78 is 32.2. The molecule has 0 aliphatic rings. The second-order valence-electron chi connectivity index (χ2n) is 6.99. The number of hydrogen-bond acceptors (Lipinski definition) is 5. The Morgan fingerprint density at radius 1 is 1.07 bits per heavy atom. The van der Waals surface area contributed by atoms with Crippen molar-refractivity contribution in [1.82, 2.24) is 10.0 Å². The number of amides is 1. The van der Waals surface area contributed by atoms with Gasteiger partial charge in [-0.05, 0) is 50.1 Å². The van der Waals surface area contributed by atoms with E-state index >= 15 is 0 Å². The van der Waals surface area contributed by atoms with E-state index in [2.05, 4.69) is 40.9 Å². The molecule has 2 rings (SSSR count). The van der Waals surface area contributed by atoms with Crippen molar-refractivity contribution in [2.24, 2.45) is 0 Å². The number of nitrogens with one attached hydrogen (secondary N) is 2. The van der Waals surface area contributed by atoms with Crippen LogP contribution in [0, 0.1) is 13.8 Å². The maximum absolute atomic E-state index is 12.7. The summed E-state index contributed by atoms with van der Waals surface area (Å²) in [5.74, 6) is -0.290. The number of aryl methyl sites for hydroxylation is 2. The van der Waals surface area contributed by atoms with Gasteiger partial charge >= 0.3 is 0 Å². The highest BCUT2D eigenvalue weighted by Crippen LogP contribution is 2.19. The Kier molecular flexibility index (Phi) is 8.83. The molecule has 0 spiro atoms. The van der Waals surface area contributed by atoms with E-state index in [0.29, 0.717) is 18.7 Å². The third kappa shape index (κ3) is 6.29. The zero-order valence-electron chi connectivity index (χ0n) is 18.1. The predicted molar refractivity (Wildman–Crippen MR) is 120 cm³/mol. The monoisotopic (exact) mass is 433 g/mol. The first-order valence-electron chi connectivity index (χ1n) is 9.98. The molecule has 0 bridgehead atoms. The molecular formula is C22H31N3O4S. The number of sulfonamides is 1. The highest BCUT2D eigenvalue weighted by atomic mass is 32.2. The fraction of sp³-hybridized carbons (Fsp3) is 0.409. The van der Waals surface area contributed by atoms with Crippen molar-refractivity contribution in [3.63, 3.8) is 0 Å². The van der Waals surface area contributed by atoms with E-state index < -0.39 is 10.0 Å². The molecule has 7 nitrogen and oxygen atoms in total. The van der Waals surface area contributed by atoms with Crippen LogP contribution in [0.3, 0.4) is 0 Å². The number of rotatable bonds is 11. The average molecular weight is 434 g/mol. The summed E-state index contributed by atoms with van der Waals surface area (Å²) in [6.07, 6.45) is 0. The summed E-state index contributed by atoms with van der Waals surface area (Å²) in [6, 6.07) is 12.7. The van der Waals surface area contributed by atoms with Crippen LogP contribution < -0.4 is 14.9 Å². The first-order valence-corrected chi connectivity index (χ1v) is 11.5. The number of nitrogens with zero attached hydrogens (tertiary/aromatic N) is 1. The van der Waals surface area contributed by atoms with Crippen LogP contribution in [0.1, 0.15) is 28.4 Å². The first-order chi connectivity index (χ1) is 14.3. The van der Waals surface area contributed by atoms with E-state index in [1.54, 1.807) is 13.0 Å². The van der Waals surface area contributed by atoms with Gasteiger partial charge in [-0.15, -0.1) is 0 Å². The number of methoxy groups -OCH3 is 1. The van der Waals surface area contributed by atoms with Gasteiger partial charge in [0.05, 0.1) is 11.5 Å². The number of para-hydroxylation sites is 1. The SMILES string of the molecule is CCN(CCNC(=O)c1cc(S(=O)(=O)NCCOC)ccc1C)c1ccccc1C. The number of carbonyl (C=O) groups is 1. The average Bonchev–Trinajstić information content (AvgIpc) is 2.72. The Hall–Kier alpha value is -2.42. The molecule has 8 heteroatoms. The molecule has 1 amide bonds. The van der Waals surface area contributed by atoms with Gasteiger partial charge in [0.2, 0.25) is 10.0 Å². The Labute approximate surface area is 179 Å². The van der Waals surface area contributed by atoms with Gasteiger partial charge in [-0.3, -0.25) is 4.79 Å². The summed E-state index contributed by atoms with van der Waals surface area (Å²) in [7, 11) is -2.20. The van der Waals surface area contributed by atoms with Gasteiger partial charge in [-0.25, -0.2) is 13.1 Å². The lowest BCUT2D eigenvalue weighted by molar-refractivity contribution is 0.0954. The molecule has 164 valence electrons. The summed E-state index contributed by atoms with van der Waals surface area (Å²) in [6.45, 7) is 8.28. The van der Waals surface area contributed by atoms with Gasteiger partial charge in [0.15, 0.2) is 0 Å². The Morgan fingerprint density at radius 3 is 2.47 bits per heavy atom. The van der Waals surface area contributed by atoms with Crippen LogP contribution in [0.4, 0.5) is 5.69 Å². The number of likely N-dealkylation sites (N-methyl/N-ethyl adjacent to an activating group) is 1. The van der Waals surface area contributed by atoms with Crippen LogP contribution in [0.25, 0.3) is 0 Å². The van der Waals surface area contributed by atoms with E-state index in [1.807, 2.05) is 12.1 Å². The van der Waals surface area contributed by atoms with Crippen molar-refractivity contribution in [3.05, 3.63) is 59.2 Å². The van der Waals surface area contributed by atoms with Crippen LogP contribution in [0.5, 0.6) is 0 Å². The van der Waals surface area contributed by atoms with Crippen molar-refractivity contribution in [1.29, 1.82) is 0 Å². The Bertz CT molecular complexity index is 961. The van der Waals surface area contributed by atoms with Gasteiger partial charge in [-0.2, -0.15) is 0 Å². The van der Waals surface area contributed by atoms with E-state index in [-0.39, 0.29) is 24.0 Å². The van der Waals surface area contributed by atoms with Crippen LogP contribution >= 0.6 is 0 Å². The molecule has 0 unspecified atom stereocenters. The minimum Gasteiger partial charge on any atom is -0.383 e. The van der Waals surface area contributed by atoms with Gasteiger partial charge < -0.3 is 15.0 Å². The Balaban J connectivity index is 2.05. The second-order valence-corrected chi connectivity index (χ2v) is 8.76. The quantitative estimate of drug-likeness (QED) is 0.532. The van der Waals surface area contributed by atoms with Crippen LogP contribution in [-0.2, 0) is 14.8 Å². The number of benzene rings is 2. The van der Waals surface area contributed by atoms with Crippen molar-refractivity contribution in [2.45, 2.75) is 25.7 Å². The minimum absolute atomic E-state index is 0.0597. The summed E-state index contributed by atoms with van der Waals surface area (Å²) in [4.78, 5) is 15.0. The molecule has 0 radical (unpaired) electrons. The van der Waals surface area contributed by atoms with E-state index in [9.17, 15) is 13.2 Å². The van der Waals surface area contributed by atoms with E-state index in [4.69, 9.17) is 4.74 Å². The Morgan fingerprint density at radius 2 is 1.80 bits per heavy atom. The fourth-order valence-corrected chi connectivity index (χ4v) is 4.18. The molecule has 0 aliphatic heterocycles. The molecule has 0 heterocycles. The highest BCUT2D eigenvalue weighted by molar-refractivity contribution is 7.89. The number of hydrogen-bond donors (Lipinski definition) is 2. The lowest BCUT2D eigenvalue weighted by Gasteiger charge is -2.25. The molecule has 2 N–H and O–H groups in total. The largest absolute Gasteiger partial charge is 0.383 e. The molecule has 2 aromatic carbocycles. The van der Waals surface area contributed by atoms with Crippen molar-refractivity contribution in [3.8, 4) is 0 Å². The lowest BCUT2D eigenvalue weighted by atomic mass is 10.1. The van der Waals surface area contributed by atoms with Crippen LogP contribution in [0.2, 0.25) is 0 Å². The van der Waals surface area contributed by atoms with Gasteiger partial charge in [-0.1, -0.05) is 24.3 Å². The van der Waals surface area contributed by atoms with Crippen molar-refractivity contribution >= 4 is 21.6 Å². The third-order valence-corrected chi connectivity index (χ3v) is 6.33.